The molecular formula is C25H41N5O3S. The van der Waals surface area contributed by atoms with E-state index >= 15 is 0 Å². The van der Waals surface area contributed by atoms with Crippen molar-refractivity contribution in [2.45, 2.75) is 54.0 Å². The van der Waals surface area contributed by atoms with Crippen LogP contribution in [0.2, 0.25) is 0 Å². The van der Waals surface area contributed by atoms with Gasteiger partial charge in [-0.3, -0.25) is 0 Å². The first-order valence-electron chi connectivity index (χ1n) is 11.0. The standard InChI is InChI=1S/C18H22N4O2S.C2H7N.C2H6.C2H4.CH2O/c1-11(2)14-8-15(24-10-14)9-19-17-18(22-25(23)21-17)20-16-7-5-6-12(3)13(16)4;1-3-2;3*1-2/h5-8,10-11H,9H2,1-4H3,(H,19,21)(H,20,22);3H,1-2H3;1-2H3;1-2H2;1H2. The maximum Gasteiger partial charge on any atom is 0.269 e. The fourth-order valence-electron chi connectivity index (χ4n) is 2.44. The number of benzene rings is 1. The van der Waals surface area contributed by atoms with Crippen LogP contribution < -0.4 is 16.0 Å². The fraction of sp³-hybridized carbons (Fsp3) is 0.400. The second-order valence-corrected chi connectivity index (χ2v) is 7.66. The van der Waals surface area contributed by atoms with Crippen LogP contribution in [0.25, 0.3) is 0 Å². The lowest BCUT2D eigenvalue weighted by atomic mass is 10.1. The van der Waals surface area contributed by atoms with Crippen molar-refractivity contribution in [3.05, 3.63) is 66.1 Å². The fourth-order valence-corrected chi connectivity index (χ4v) is 3.08. The first kappa shape index (κ1) is 33.1. The second-order valence-electron chi connectivity index (χ2n) is 6.84. The van der Waals surface area contributed by atoms with Crippen molar-refractivity contribution in [1.82, 2.24) is 10.6 Å². The van der Waals surface area contributed by atoms with Crippen molar-refractivity contribution in [2.75, 3.05) is 19.4 Å². The monoisotopic (exact) mass is 491 g/mol. The lowest BCUT2D eigenvalue weighted by Gasteiger charge is -2.12. The molecule has 0 amide bonds. The van der Waals surface area contributed by atoms with Crippen molar-refractivity contribution in [2.24, 2.45) is 8.80 Å². The summed E-state index contributed by atoms with van der Waals surface area (Å²) in [6.07, 6.45) is 1.76. The van der Waals surface area contributed by atoms with Crippen LogP contribution in [0.4, 0.5) is 5.69 Å². The Bertz CT molecular complexity index is 921. The molecule has 0 radical (unpaired) electrons. The Morgan fingerprint density at radius 1 is 1.06 bits per heavy atom. The summed E-state index contributed by atoms with van der Waals surface area (Å²) in [6, 6.07) is 7.99. The zero-order chi connectivity index (χ0) is 26.7. The van der Waals surface area contributed by atoms with Gasteiger partial charge in [-0.25, -0.2) is 4.21 Å². The number of nitrogens with one attached hydrogen (secondary N) is 3. The highest BCUT2D eigenvalue weighted by Gasteiger charge is 2.20. The van der Waals surface area contributed by atoms with E-state index in [9.17, 15) is 4.21 Å². The van der Waals surface area contributed by atoms with Gasteiger partial charge in [0.25, 0.3) is 11.2 Å². The molecule has 1 atom stereocenters. The van der Waals surface area contributed by atoms with Crippen LogP contribution in [0, 0.1) is 13.8 Å². The Kier molecular flexibility index (Phi) is 18.9. The smallest absolute Gasteiger partial charge is 0.269 e. The van der Waals surface area contributed by atoms with E-state index in [1.54, 1.807) is 6.26 Å². The maximum absolute atomic E-state index is 11.7. The molecule has 34 heavy (non-hydrogen) atoms. The third-order valence-electron chi connectivity index (χ3n) is 4.19. The van der Waals surface area contributed by atoms with Crippen LogP contribution in [0.15, 0.2) is 56.9 Å². The van der Waals surface area contributed by atoms with Crippen molar-refractivity contribution in [1.29, 1.82) is 0 Å². The Labute approximate surface area is 207 Å². The average Bonchev–Trinajstić information content (AvgIpc) is 3.46. The van der Waals surface area contributed by atoms with Crippen molar-refractivity contribution in [3.63, 3.8) is 0 Å². The van der Waals surface area contributed by atoms with Gasteiger partial charge in [-0.1, -0.05) is 39.8 Å². The number of carbonyl (C=O) groups is 1. The number of anilines is 1. The van der Waals surface area contributed by atoms with Gasteiger partial charge in [0.1, 0.15) is 12.5 Å². The van der Waals surface area contributed by atoms with Crippen LogP contribution >= 0.6 is 0 Å². The van der Waals surface area contributed by atoms with Gasteiger partial charge in [-0.15, -0.1) is 22.0 Å². The summed E-state index contributed by atoms with van der Waals surface area (Å²) in [4.78, 5) is 8.00. The van der Waals surface area contributed by atoms with Crippen LogP contribution in [-0.2, 0) is 22.5 Å². The number of hydrogen-bond donors (Lipinski definition) is 3. The first-order chi connectivity index (χ1) is 16.3. The molecule has 8 nitrogen and oxygen atoms in total. The van der Waals surface area contributed by atoms with Crippen LogP contribution in [0.1, 0.15) is 56.1 Å². The minimum absolute atomic E-state index is 0.414. The second kappa shape index (κ2) is 19.4. The molecule has 1 aromatic carbocycles. The Morgan fingerprint density at radius 2 is 1.62 bits per heavy atom. The summed E-state index contributed by atoms with van der Waals surface area (Å²) in [5.41, 5.74) is 4.37. The van der Waals surface area contributed by atoms with E-state index < -0.39 is 11.2 Å². The normalized spacial score (nSPS) is 13.3. The SMILES string of the molecule is C=C.C=O.CC.CNC.Cc1cccc(NC2=NS(=O)N=C2NCc2cc(C(C)C)co2)c1C. The van der Waals surface area contributed by atoms with Gasteiger partial charge in [-0.05, 0) is 62.7 Å². The summed E-state index contributed by atoms with van der Waals surface area (Å²) in [7, 11) is 3.75. The molecule has 0 spiro atoms. The lowest BCUT2D eigenvalue weighted by Crippen LogP contribution is -2.33. The number of hydrogen-bond acceptors (Lipinski definition) is 6. The zero-order valence-electron chi connectivity index (χ0n) is 21.8. The number of amidine groups is 2. The highest BCUT2D eigenvalue weighted by molar-refractivity contribution is 7.83. The van der Waals surface area contributed by atoms with E-state index in [2.05, 4.69) is 51.8 Å². The highest BCUT2D eigenvalue weighted by Crippen LogP contribution is 2.20. The van der Waals surface area contributed by atoms with Gasteiger partial charge in [0.15, 0.2) is 11.7 Å². The van der Waals surface area contributed by atoms with Crippen molar-refractivity contribution >= 4 is 35.3 Å². The van der Waals surface area contributed by atoms with E-state index in [-0.39, 0.29) is 0 Å². The maximum atomic E-state index is 11.7. The molecule has 1 aliphatic rings. The summed E-state index contributed by atoms with van der Waals surface area (Å²) in [5.74, 6) is 2.16. The molecule has 0 aliphatic carbocycles. The zero-order valence-corrected chi connectivity index (χ0v) is 22.6. The molecule has 0 saturated carbocycles. The molecule has 0 saturated heterocycles. The lowest BCUT2D eigenvalue weighted by molar-refractivity contribution is -0.0980. The summed E-state index contributed by atoms with van der Waals surface area (Å²) < 4.78 is 25.4. The van der Waals surface area contributed by atoms with Crippen LogP contribution in [0.5, 0.6) is 0 Å². The molecule has 2 heterocycles. The van der Waals surface area contributed by atoms with E-state index in [0.29, 0.717) is 24.1 Å². The Balaban J connectivity index is 0. The minimum atomic E-state index is -1.61. The molecular weight excluding hydrogens is 450 g/mol. The van der Waals surface area contributed by atoms with Gasteiger partial charge >= 0.3 is 0 Å². The summed E-state index contributed by atoms with van der Waals surface area (Å²) >= 11 is -1.61. The summed E-state index contributed by atoms with van der Waals surface area (Å²) in [5, 5.41) is 9.13. The van der Waals surface area contributed by atoms with Gasteiger partial charge in [0.2, 0.25) is 0 Å². The molecule has 9 heteroatoms. The molecule has 1 aliphatic heterocycles. The topological polar surface area (TPSA) is 108 Å². The van der Waals surface area contributed by atoms with E-state index in [1.165, 1.54) is 5.56 Å². The Morgan fingerprint density at radius 3 is 2.15 bits per heavy atom. The van der Waals surface area contributed by atoms with E-state index in [4.69, 9.17) is 9.21 Å². The third-order valence-corrected chi connectivity index (χ3v) is 4.87. The minimum Gasteiger partial charge on any atom is -0.467 e. The van der Waals surface area contributed by atoms with Gasteiger partial charge in [0.05, 0.1) is 12.8 Å². The quantitative estimate of drug-likeness (QED) is 0.514. The summed E-state index contributed by atoms with van der Waals surface area (Å²) in [6.45, 7) is 20.8. The molecule has 3 rings (SSSR count). The predicted molar refractivity (Wildman–Crippen MR) is 147 cm³/mol. The van der Waals surface area contributed by atoms with Crippen molar-refractivity contribution in [3.8, 4) is 0 Å². The predicted octanol–water partition coefficient (Wildman–Crippen LogP) is 5.09. The number of nitrogens with zero attached hydrogens (tertiary/aromatic N) is 2. The number of furan rings is 1. The third kappa shape index (κ3) is 11.2. The van der Waals surface area contributed by atoms with Crippen LogP contribution in [-0.4, -0.2) is 36.8 Å². The number of aryl methyl sites for hydroxylation is 1. The molecule has 0 bridgehead atoms. The molecule has 0 fully saturated rings. The molecule has 3 N–H and O–H groups in total. The van der Waals surface area contributed by atoms with Gasteiger partial charge in [-0.2, -0.15) is 0 Å². The van der Waals surface area contributed by atoms with Gasteiger partial charge in [0, 0.05) is 5.69 Å². The van der Waals surface area contributed by atoms with Gasteiger partial charge < -0.3 is 25.2 Å². The van der Waals surface area contributed by atoms with E-state index in [1.807, 2.05) is 72.8 Å². The molecule has 1 unspecified atom stereocenters. The molecule has 190 valence electrons. The highest BCUT2D eigenvalue weighted by atomic mass is 32.2. The average molecular weight is 492 g/mol. The number of carbonyl (C=O) groups excluding carboxylic acids is 1. The molecule has 2 aromatic rings. The largest absolute Gasteiger partial charge is 0.467 e. The van der Waals surface area contributed by atoms with E-state index in [0.717, 1.165) is 22.6 Å². The van der Waals surface area contributed by atoms with Crippen molar-refractivity contribution < 1.29 is 13.4 Å². The van der Waals surface area contributed by atoms with Crippen LogP contribution in [0.3, 0.4) is 0 Å². The molecule has 1 aromatic heterocycles. The first-order valence-corrected chi connectivity index (χ1v) is 12.0. The number of rotatable bonds is 4. The Hall–Kier alpha value is -3.04.